The second kappa shape index (κ2) is 5.25. The third-order valence-electron chi connectivity index (χ3n) is 2.07. The SMILES string of the molecule is CNC(=O)Oc1ccc(C(C)C)c(C=O)n1. The molecule has 1 N–H and O–H groups in total. The summed E-state index contributed by atoms with van der Waals surface area (Å²) >= 11 is 0. The van der Waals surface area contributed by atoms with Crippen LogP contribution in [0.2, 0.25) is 0 Å². The van der Waals surface area contributed by atoms with E-state index in [1.807, 2.05) is 13.8 Å². The Balaban J connectivity index is 2.99. The highest BCUT2D eigenvalue weighted by Gasteiger charge is 2.10. The van der Waals surface area contributed by atoms with Crippen LogP contribution in [0.15, 0.2) is 12.1 Å². The lowest BCUT2D eigenvalue weighted by Gasteiger charge is -2.09. The molecule has 0 aliphatic heterocycles. The molecule has 0 bridgehead atoms. The molecule has 0 saturated heterocycles. The molecule has 0 radical (unpaired) electrons. The Hall–Kier alpha value is -1.91. The minimum absolute atomic E-state index is 0.117. The number of pyridine rings is 1. The molecule has 1 aromatic heterocycles. The number of rotatable bonds is 3. The number of hydrogen-bond acceptors (Lipinski definition) is 4. The highest BCUT2D eigenvalue weighted by atomic mass is 16.6. The van der Waals surface area contributed by atoms with Crippen molar-refractivity contribution in [1.82, 2.24) is 10.3 Å². The molecule has 0 aliphatic carbocycles. The molecule has 5 heteroatoms. The van der Waals surface area contributed by atoms with Gasteiger partial charge in [0.25, 0.3) is 0 Å². The minimum Gasteiger partial charge on any atom is -0.391 e. The third-order valence-corrected chi connectivity index (χ3v) is 2.07. The second-order valence-corrected chi connectivity index (χ2v) is 3.54. The quantitative estimate of drug-likeness (QED) is 0.791. The van der Waals surface area contributed by atoms with Gasteiger partial charge in [-0.25, -0.2) is 9.78 Å². The van der Waals surface area contributed by atoms with Crippen LogP contribution in [0.3, 0.4) is 0 Å². The van der Waals surface area contributed by atoms with Crippen molar-refractivity contribution in [2.24, 2.45) is 0 Å². The van der Waals surface area contributed by atoms with Gasteiger partial charge in [0.1, 0.15) is 5.69 Å². The first-order valence-corrected chi connectivity index (χ1v) is 4.94. The number of aromatic nitrogens is 1. The Bertz CT molecular complexity index is 402. The average Bonchev–Trinajstić information content (AvgIpc) is 2.28. The van der Waals surface area contributed by atoms with Crippen LogP contribution in [0.1, 0.15) is 35.8 Å². The molecule has 1 amide bonds. The molecule has 5 nitrogen and oxygen atoms in total. The lowest BCUT2D eigenvalue weighted by atomic mass is 10.0. The zero-order valence-corrected chi connectivity index (χ0v) is 9.48. The molecule has 0 atom stereocenters. The van der Waals surface area contributed by atoms with E-state index in [1.165, 1.54) is 7.05 Å². The largest absolute Gasteiger partial charge is 0.413 e. The Morgan fingerprint density at radius 1 is 1.50 bits per heavy atom. The smallest absolute Gasteiger partial charge is 0.391 e. The minimum atomic E-state index is -0.610. The van der Waals surface area contributed by atoms with Crippen LogP contribution in [0.25, 0.3) is 0 Å². The first-order valence-electron chi connectivity index (χ1n) is 4.94. The fourth-order valence-electron chi connectivity index (χ4n) is 1.25. The summed E-state index contributed by atoms with van der Waals surface area (Å²) in [6.07, 6.45) is 0.0492. The van der Waals surface area contributed by atoms with Crippen LogP contribution in [-0.2, 0) is 0 Å². The van der Waals surface area contributed by atoms with Gasteiger partial charge in [-0.15, -0.1) is 0 Å². The number of nitrogens with one attached hydrogen (secondary N) is 1. The fraction of sp³-hybridized carbons (Fsp3) is 0.364. The van der Waals surface area contributed by atoms with Gasteiger partial charge >= 0.3 is 6.09 Å². The molecule has 0 aliphatic rings. The van der Waals surface area contributed by atoms with E-state index >= 15 is 0 Å². The van der Waals surface area contributed by atoms with Crippen molar-refractivity contribution in [3.05, 3.63) is 23.4 Å². The van der Waals surface area contributed by atoms with Gasteiger partial charge in [0.05, 0.1) is 0 Å². The number of carbonyl (C=O) groups is 2. The summed E-state index contributed by atoms with van der Waals surface area (Å²) in [6.45, 7) is 3.92. The third kappa shape index (κ3) is 2.79. The molecule has 1 rings (SSSR count). The monoisotopic (exact) mass is 222 g/mol. The molecular weight excluding hydrogens is 208 g/mol. The van der Waals surface area contributed by atoms with Crippen molar-refractivity contribution in [1.29, 1.82) is 0 Å². The van der Waals surface area contributed by atoms with Crippen molar-refractivity contribution in [2.75, 3.05) is 7.05 Å². The van der Waals surface area contributed by atoms with E-state index in [0.29, 0.717) is 12.0 Å². The van der Waals surface area contributed by atoms with Crippen LogP contribution in [0.4, 0.5) is 4.79 Å². The van der Waals surface area contributed by atoms with Gasteiger partial charge in [-0.2, -0.15) is 0 Å². The average molecular weight is 222 g/mol. The number of nitrogens with zero attached hydrogens (tertiary/aromatic N) is 1. The summed E-state index contributed by atoms with van der Waals surface area (Å²) in [7, 11) is 1.45. The van der Waals surface area contributed by atoms with E-state index in [4.69, 9.17) is 4.74 Å². The molecule has 1 aromatic rings. The highest BCUT2D eigenvalue weighted by Crippen LogP contribution is 2.19. The van der Waals surface area contributed by atoms with Crippen molar-refractivity contribution >= 4 is 12.4 Å². The summed E-state index contributed by atoms with van der Waals surface area (Å²) in [5.74, 6) is 0.313. The van der Waals surface area contributed by atoms with Crippen molar-refractivity contribution in [2.45, 2.75) is 19.8 Å². The first kappa shape index (κ1) is 12.2. The summed E-state index contributed by atoms with van der Waals surface area (Å²) in [6, 6.07) is 3.30. The molecule has 16 heavy (non-hydrogen) atoms. The number of carbonyl (C=O) groups excluding carboxylic acids is 2. The zero-order valence-electron chi connectivity index (χ0n) is 9.48. The fourth-order valence-corrected chi connectivity index (χ4v) is 1.25. The second-order valence-electron chi connectivity index (χ2n) is 3.54. The van der Waals surface area contributed by atoms with Gasteiger partial charge in [0, 0.05) is 13.1 Å². The molecular formula is C11H14N2O3. The van der Waals surface area contributed by atoms with Crippen LogP contribution in [0, 0.1) is 0 Å². The van der Waals surface area contributed by atoms with Gasteiger partial charge in [0.15, 0.2) is 6.29 Å². The Morgan fingerprint density at radius 3 is 2.69 bits per heavy atom. The lowest BCUT2D eigenvalue weighted by Crippen LogP contribution is -2.22. The number of ether oxygens (including phenoxy) is 1. The van der Waals surface area contributed by atoms with Gasteiger partial charge in [-0.05, 0) is 11.5 Å². The van der Waals surface area contributed by atoms with Crippen LogP contribution in [-0.4, -0.2) is 24.4 Å². The molecule has 1 heterocycles. The lowest BCUT2D eigenvalue weighted by molar-refractivity contribution is 0.111. The Morgan fingerprint density at radius 2 is 2.19 bits per heavy atom. The normalized spacial score (nSPS) is 10.0. The number of aldehydes is 1. The van der Waals surface area contributed by atoms with Crippen LogP contribution < -0.4 is 10.1 Å². The van der Waals surface area contributed by atoms with Crippen molar-refractivity contribution in [3.63, 3.8) is 0 Å². The predicted octanol–water partition coefficient (Wildman–Crippen LogP) is 1.74. The van der Waals surface area contributed by atoms with Gasteiger partial charge in [-0.1, -0.05) is 19.9 Å². The topological polar surface area (TPSA) is 68.3 Å². The summed E-state index contributed by atoms with van der Waals surface area (Å²) < 4.78 is 4.82. The predicted molar refractivity (Wildman–Crippen MR) is 58.8 cm³/mol. The van der Waals surface area contributed by atoms with Crippen LogP contribution in [0.5, 0.6) is 5.88 Å². The van der Waals surface area contributed by atoms with Gasteiger partial charge in [0.2, 0.25) is 5.88 Å². The van der Waals surface area contributed by atoms with E-state index < -0.39 is 6.09 Å². The molecule has 0 fully saturated rings. The van der Waals surface area contributed by atoms with E-state index in [-0.39, 0.29) is 11.8 Å². The van der Waals surface area contributed by atoms with E-state index in [1.54, 1.807) is 12.1 Å². The van der Waals surface area contributed by atoms with Crippen molar-refractivity contribution < 1.29 is 14.3 Å². The molecule has 86 valence electrons. The summed E-state index contributed by atoms with van der Waals surface area (Å²) in [5, 5.41) is 2.30. The van der Waals surface area contributed by atoms with Crippen LogP contribution >= 0.6 is 0 Å². The number of hydrogen-bond donors (Lipinski definition) is 1. The van der Waals surface area contributed by atoms with E-state index in [0.717, 1.165) is 5.56 Å². The first-order chi connectivity index (χ1) is 7.58. The molecule has 0 unspecified atom stereocenters. The maximum atomic E-state index is 10.9. The van der Waals surface area contributed by atoms with E-state index in [9.17, 15) is 9.59 Å². The molecule has 0 spiro atoms. The Labute approximate surface area is 93.8 Å². The maximum Gasteiger partial charge on any atom is 0.413 e. The Kier molecular flexibility index (Phi) is 3.99. The molecule has 0 aromatic carbocycles. The number of amides is 1. The zero-order chi connectivity index (χ0) is 12.1. The van der Waals surface area contributed by atoms with Gasteiger partial charge in [-0.3, -0.25) is 4.79 Å². The summed E-state index contributed by atoms with van der Waals surface area (Å²) in [4.78, 5) is 25.7. The van der Waals surface area contributed by atoms with Crippen molar-refractivity contribution in [3.8, 4) is 5.88 Å². The molecule has 0 saturated carbocycles. The summed E-state index contributed by atoms with van der Waals surface area (Å²) in [5.41, 5.74) is 1.13. The van der Waals surface area contributed by atoms with E-state index in [2.05, 4.69) is 10.3 Å². The van der Waals surface area contributed by atoms with Gasteiger partial charge < -0.3 is 10.1 Å². The maximum absolute atomic E-state index is 10.9. The highest BCUT2D eigenvalue weighted by molar-refractivity contribution is 5.75. The standard InChI is InChI=1S/C11H14N2O3/c1-7(2)8-4-5-10(13-9(8)6-14)16-11(15)12-3/h4-7H,1-3H3,(H,12,15).